The Labute approximate surface area is 101 Å². The van der Waals surface area contributed by atoms with Crippen molar-refractivity contribution in [1.29, 1.82) is 0 Å². The number of rotatable bonds is 5. The van der Waals surface area contributed by atoms with Crippen LogP contribution in [0.3, 0.4) is 0 Å². The molecule has 0 aromatic rings. The summed E-state index contributed by atoms with van der Waals surface area (Å²) in [6.45, 7) is 0.877. The minimum Gasteiger partial charge on any atom is -0.480 e. The predicted octanol–water partition coefficient (Wildman–Crippen LogP) is 0.672. The van der Waals surface area contributed by atoms with Crippen LogP contribution in [0, 0.1) is 0 Å². The number of nitrogens with one attached hydrogen (secondary N) is 1. The van der Waals surface area contributed by atoms with Crippen LogP contribution >= 0.6 is 0 Å². The van der Waals surface area contributed by atoms with Gasteiger partial charge in [0.1, 0.15) is 5.54 Å². The van der Waals surface area contributed by atoms with Crippen LogP contribution in [-0.2, 0) is 9.53 Å². The van der Waals surface area contributed by atoms with Gasteiger partial charge in [0.05, 0.1) is 6.61 Å². The van der Waals surface area contributed by atoms with Gasteiger partial charge in [0.2, 0.25) is 0 Å². The Morgan fingerprint density at radius 3 is 2.47 bits per heavy atom. The van der Waals surface area contributed by atoms with Crippen LogP contribution < -0.4 is 5.32 Å². The molecule has 1 aliphatic rings. The maximum Gasteiger partial charge on any atom is 0.329 e. The first-order valence-corrected chi connectivity index (χ1v) is 5.77. The molecule has 0 radical (unpaired) electrons. The number of hydrogen-bond donors (Lipinski definition) is 2. The molecule has 0 aliphatic heterocycles. The van der Waals surface area contributed by atoms with Gasteiger partial charge in [-0.1, -0.05) is 12.8 Å². The van der Waals surface area contributed by atoms with Gasteiger partial charge in [-0.05, 0) is 12.8 Å². The van der Waals surface area contributed by atoms with E-state index in [0.717, 1.165) is 12.8 Å². The summed E-state index contributed by atoms with van der Waals surface area (Å²) in [6.07, 6.45) is 2.70. The van der Waals surface area contributed by atoms with E-state index in [1.54, 1.807) is 14.2 Å². The maximum absolute atomic E-state index is 11.8. The number of urea groups is 1. The fraction of sp³-hybridized carbons (Fsp3) is 0.818. The van der Waals surface area contributed by atoms with E-state index in [2.05, 4.69) is 5.32 Å². The Morgan fingerprint density at radius 2 is 2.00 bits per heavy atom. The molecule has 1 rings (SSSR count). The minimum atomic E-state index is -1.07. The lowest BCUT2D eigenvalue weighted by atomic mass is 9.98. The smallest absolute Gasteiger partial charge is 0.329 e. The van der Waals surface area contributed by atoms with Crippen molar-refractivity contribution in [2.75, 3.05) is 27.3 Å². The molecule has 98 valence electrons. The molecule has 0 aromatic heterocycles. The Balaban J connectivity index is 2.56. The molecule has 17 heavy (non-hydrogen) atoms. The van der Waals surface area contributed by atoms with Gasteiger partial charge in [-0.25, -0.2) is 9.59 Å². The Kier molecular flexibility index (Phi) is 4.74. The van der Waals surface area contributed by atoms with E-state index >= 15 is 0 Å². The first-order chi connectivity index (χ1) is 8.02. The number of methoxy groups -OCH3 is 1. The highest BCUT2D eigenvalue weighted by Gasteiger charge is 2.43. The average molecular weight is 244 g/mol. The van der Waals surface area contributed by atoms with Gasteiger partial charge < -0.3 is 20.1 Å². The van der Waals surface area contributed by atoms with Crippen LogP contribution in [-0.4, -0.2) is 54.9 Å². The monoisotopic (exact) mass is 244 g/mol. The second-order valence-corrected chi connectivity index (χ2v) is 4.44. The molecule has 1 saturated carbocycles. The normalized spacial score (nSPS) is 17.8. The third-order valence-corrected chi connectivity index (χ3v) is 3.19. The fourth-order valence-electron chi connectivity index (χ4n) is 2.00. The van der Waals surface area contributed by atoms with Crippen molar-refractivity contribution in [3.05, 3.63) is 0 Å². The van der Waals surface area contributed by atoms with E-state index in [-0.39, 0.29) is 6.03 Å². The van der Waals surface area contributed by atoms with E-state index in [9.17, 15) is 14.7 Å². The largest absolute Gasteiger partial charge is 0.480 e. The zero-order chi connectivity index (χ0) is 12.9. The number of carbonyl (C=O) groups is 2. The molecule has 0 spiro atoms. The zero-order valence-electron chi connectivity index (χ0n) is 10.4. The standard InChI is InChI=1S/C11H20N2O4/c1-13(7-8-17-2)10(16)12-11(9(14)15)5-3-4-6-11/h3-8H2,1-2H3,(H,12,16)(H,14,15). The van der Waals surface area contributed by atoms with Crippen LogP contribution in [0.4, 0.5) is 4.79 Å². The summed E-state index contributed by atoms with van der Waals surface area (Å²) in [7, 11) is 3.18. The lowest BCUT2D eigenvalue weighted by Crippen LogP contribution is -2.56. The molecule has 0 saturated heterocycles. The van der Waals surface area contributed by atoms with Gasteiger partial charge in [-0.15, -0.1) is 0 Å². The molecular formula is C11H20N2O4. The highest BCUT2D eigenvalue weighted by atomic mass is 16.5. The number of carboxylic acids is 1. The van der Waals surface area contributed by atoms with Crippen molar-refractivity contribution < 1.29 is 19.4 Å². The molecule has 0 atom stereocenters. The number of carboxylic acid groups (broad SMARTS) is 1. The fourth-order valence-corrected chi connectivity index (χ4v) is 2.00. The van der Waals surface area contributed by atoms with Crippen molar-refractivity contribution in [1.82, 2.24) is 10.2 Å². The molecule has 2 amide bonds. The zero-order valence-corrected chi connectivity index (χ0v) is 10.4. The van der Waals surface area contributed by atoms with Crippen molar-refractivity contribution in [3.63, 3.8) is 0 Å². The van der Waals surface area contributed by atoms with E-state index in [0.29, 0.717) is 26.0 Å². The van der Waals surface area contributed by atoms with E-state index < -0.39 is 11.5 Å². The van der Waals surface area contributed by atoms with E-state index in [1.165, 1.54) is 4.90 Å². The molecule has 0 unspecified atom stereocenters. The van der Waals surface area contributed by atoms with Gasteiger partial charge in [-0.3, -0.25) is 0 Å². The van der Waals surface area contributed by atoms with E-state index in [4.69, 9.17) is 4.74 Å². The number of hydrogen-bond acceptors (Lipinski definition) is 3. The second kappa shape index (κ2) is 5.86. The van der Waals surface area contributed by atoms with Crippen molar-refractivity contribution in [2.45, 2.75) is 31.2 Å². The first kappa shape index (κ1) is 13.8. The summed E-state index contributed by atoms with van der Waals surface area (Å²) in [4.78, 5) is 24.5. The highest BCUT2D eigenvalue weighted by molar-refractivity contribution is 5.86. The number of likely N-dealkylation sites (N-methyl/N-ethyl adjacent to an activating group) is 1. The van der Waals surface area contributed by atoms with Crippen LogP contribution in [0.25, 0.3) is 0 Å². The molecular weight excluding hydrogens is 224 g/mol. The number of ether oxygens (including phenoxy) is 1. The number of amides is 2. The van der Waals surface area contributed by atoms with Gasteiger partial charge in [-0.2, -0.15) is 0 Å². The van der Waals surface area contributed by atoms with Gasteiger partial charge in [0.25, 0.3) is 0 Å². The minimum absolute atomic E-state index is 0.355. The summed E-state index contributed by atoms with van der Waals surface area (Å²) < 4.78 is 4.87. The van der Waals surface area contributed by atoms with Gasteiger partial charge >= 0.3 is 12.0 Å². The van der Waals surface area contributed by atoms with Gasteiger partial charge in [0.15, 0.2) is 0 Å². The van der Waals surface area contributed by atoms with Crippen LogP contribution in [0.1, 0.15) is 25.7 Å². The summed E-state index contributed by atoms with van der Waals surface area (Å²) in [5.41, 5.74) is -1.07. The summed E-state index contributed by atoms with van der Waals surface area (Å²) in [5.74, 6) is -0.941. The number of carbonyl (C=O) groups excluding carboxylic acids is 1. The van der Waals surface area contributed by atoms with Crippen LogP contribution in [0.5, 0.6) is 0 Å². The van der Waals surface area contributed by atoms with Crippen LogP contribution in [0.15, 0.2) is 0 Å². The molecule has 0 heterocycles. The van der Waals surface area contributed by atoms with E-state index in [1.807, 2.05) is 0 Å². The summed E-state index contributed by atoms with van der Waals surface area (Å²) in [5, 5.41) is 11.8. The Morgan fingerprint density at radius 1 is 1.41 bits per heavy atom. The maximum atomic E-state index is 11.8. The SMILES string of the molecule is COCCN(C)C(=O)NC1(C(=O)O)CCCC1. The lowest BCUT2D eigenvalue weighted by Gasteiger charge is -2.28. The predicted molar refractivity (Wildman–Crippen MR) is 61.9 cm³/mol. The molecule has 1 aliphatic carbocycles. The first-order valence-electron chi connectivity index (χ1n) is 5.77. The summed E-state index contributed by atoms with van der Waals surface area (Å²) in [6, 6.07) is -0.355. The topological polar surface area (TPSA) is 78.9 Å². The molecule has 1 fully saturated rings. The molecule has 0 bridgehead atoms. The second-order valence-electron chi connectivity index (χ2n) is 4.44. The Hall–Kier alpha value is -1.30. The van der Waals surface area contributed by atoms with Crippen molar-refractivity contribution in [3.8, 4) is 0 Å². The van der Waals surface area contributed by atoms with Crippen molar-refractivity contribution >= 4 is 12.0 Å². The lowest BCUT2D eigenvalue weighted by molar-refractivity contribution is -0.144. The number of nitrogens with zero attached hydrogens (tertiary/aromatic N) is 1. The van der Waals surface area contributed by atoms with Crippen LogP contribution in [0.2, 0.25) is 0 Å². The highest BCUT2D eigenvalue weighted by Crippen LogP contribution is 2.29. The molecule has 6 heteroatoms. The Bertz CT molecular complexity index is 287. The summed E-state index contributed by atoms with van der Waals surface area (Å²) >= 11 is 0. The molecule has 6 nitrogen and oxygen atoms in total. The molecule has 0 aromatic carbocycles. The number of aliphatic carboxylic acids is 1. The van der Waals surface area contributed by atoms with Gasteiger partial charge in [0, 0.05) is 20.7 Å². The quantitative estimate of drug-likeness (QED) is 0.745. The average Bonchev–Trinajstić information content (AvgIpc) is 2.75. The third kappa shape index (κ3) is 3.33. The molecule has 2 N–H and O–H groups in total. The third-order valence-electron chi connectivity index (χ3n) is 3.19. The van der Waals surface area contributed by atoms with Crippen molar-refractivity contribution in [2.24, 2.45) is 0 Å².